The van der Waals surface area contributed by atoms with Crippen molar-refractivity contribution in [2.45, 2.75) is 13.8 Å². The summed E-state index contributed by atoms with van der Waals surface area (Å²) >= 11 is 0. The Labute approximate surface area is 228 Å². The standard InChI is InChI=1S/C29H33N5O5/c1-20(2)17-34(29(36)22-7-9-25-26(16-22)39-19-38-25)18-28(35)33-13-11-32(12-14-33)27-10-8-24(30-31-27)21-5-4-6-23(15-21)37-3/h4-10,15-16,20H,11-14,17-19H2,1-3H3. The van der Waals surface area contributed by atoms with Crippen LogP contribution in [0.25, 0.3) is 11.3 Å². The van der Waals surface area contributed by atoms with Crippen LogP contribution < -0.4 is 19.1 Å². The SMILES string of the molecule is COc1cccc(-c2ccc(N3CCN(C(=O)CN(CC(C)C)C(=O)c4ccc5c(c4)OCO5)CC3)nn2)c1. The van der Waals surface area contributed by atoms with Gasteiger partial charge in [0.05, 0.1) is 12.8 Å². The van der Waals surface area contributed by atoms with Gasteiger partial charge in [0.15, 0.2) is 17.3 Å². The normalized spacial score (nSPS) is 14.5. The van der Waals surface area contributed by atoms with Crippen molar-refractivity contribution < 1.29 is 23.8 Å². The minimum absolute atomic E-state index is 0.0283. The van der Waals surface area contributed by atoms with Gasteiger partial charge >= 0.3 is 0 Å². The summed E-state index contributed by atoms with van der Waals surface area (Å²) in [5.41, 5.74) is 2.18. The molecule has 0 radical (unpaired) electrons. The molecule has 3 aromatic rings. The first-order valence-electron chi connectivity index (χ1n) is 13.1. The van der Waals surface area contributed by atoms with Gasteiger partial charge in [-0.15, -0.1) is 10.2 Å². The lowest BCUT2D eigenvalue weighted by molar-refractivity contribution is -0.132. The molecule has 1 saturated heterocycles. The summed E-state index contributed by atoms with van der Waals surface area (Å²) in [7, 11) is 1.64. The van der Waals surface area contributed by atoms with Crippen molar-refractivity contribution in [2.75, 3.05) is 58.1 Å². The Kier molecular flexibility index (Phi) is 7.81. The van der Waals surface area contributed by atoms with E-state index in [1.54, 1.807) is 30.2 Å². The van der Waals surface area contributed by atoms with Crippen molar-refractivity contribution >= 4 is 17.6 Å². The monoisotopic (exact) mass is 531 g/mol. The maximum absolute atomic E-state index is 13.3. The molecule has 0 spiro atoms. The first-order chi connectivity index (χ1) is 18.9. The number of anilines is 1. The number of hydrogen-bond donors (Lipinski definition) is 0. The molecule has 0 aliphatic carbocycles. The molecule has 2 aliphatic heterocycles. The molecule has 5 rings (SSSR count). The Morgan fingerprint density at radius 3 is 2.49 bits per heavy atom. The van der Waals surface area contributed by atoms with E-state index < -0.39 is 0 Å². The lowest BCUT2D eigenvalue weighted by Crippen LogP contribution is -2.52. The summed E-state index contributed by atoms with van der Waals surface area (Å²) in [6, 6.07) is 16.7. The van der Waals surface area contributed by atoms with Gasteiger partial charge in [0.1, 0.15) is 12.3 Å². The molecule has 10 heteroatoms. The number of carbonyl (C=O) groups is 2. The van der Waals surface area contributed by atoms with E-state index in [2.05, 4.69) is 15.1 Å². The van der Waals surface area contributed by atoms with Crippen LogP contribution in [0.1, 0.15) is 24.2 Å². The lowest BCUT2D eigenvalue weighted by atomic mass is 10.1. The molecule has 39 heavy (non-hydrogen) atoms. The summed E-state index contributed by atoms with van der Waals surface area (Å²) < 4.78 is 16.1. The largest absolute Gasteiger partial charge is 0.497 e. The molecule has 0 atom stereocenters. The molecule has 2 aliphatic rings. The summed E-state index contributed by atoms with van der Waals surface area (Å²) in [4.78, 5) is 32.1. The van der Waals surface area contributed by atoms with Crippen LogP contribution in [0, 0.1) is 5.92 Å². The van der Waals surface area contributed by atoms with Gasteiger partial charge < -0.3 is 28.9 Å². The van der Waals surface area contributed by atoms with Crippen molar-refractivity contribution in [3.63, 3.8) is 0 Å². The number of methoxy groups -OCH3 is 1. The number of rotatable bonds is 8. The van der Waals surface area contributed by atoms with Gasteiger partial charge in [0.2, 0.25) is 12.7 Å². The van der Waals surface area contributed by atoms with Crippen LogP contribution in [-0.2, 0) is 4.79 Å². The lowest BCUT2D eigenvalue weighted by Gasteiger charge is -2.36. The highest BCUT2D eigenvalue weighted by Crippen LogP contribution is 2.33. The number of nitrogens with zero attached hydrogens (tertiary/aromatic N) is 5. The molecule has 1 fully saturated rings. The third-order valence-electron chi connectivity index (χ3n) is 6.79. The van der Waals surface area contributed by atoms with E-state index in [9.17, 15) is 9.59 Å². The Hall–Kier alpha value is -4.34. The van der Waals surface area contributed by atoms with E-state index >= 15 is 0 Å². The van der Waals surface area contributed by atoms with Crippen molar-refractivity contribution in [3.8, 4) is 28.5 Å². The quantitative estimate of drug-likeness (QED) is 0.437. The van der Waals surface area contributed by atoms with E-state index in [4.69, 9.17) is 14.2 Å². The zero-order valence-electron chi connectivity index (χ0n) is 22.5. The third-order valence-corrected chi connectivity index (χ3v) is 6.79. The van der Waals surface area contributed by atoms with Gasteiger partial charge in [-0.3, -0.25) is 9.59 Å². The Morgan fingerprint density at radius 2 is 1.77 bits per heavy atom. The van der Waals surface area contributed by atoms with Gasteiger partial charge in [0, 0.05) is 43.9 Å². The van der Waals surface area contributed by atoms with Crippen molar-refractivity contribution in [1.29, 1.82) is 0 Å². The average Bonchev–Trinajstić information content (AvgIpc) is 3.44. The third kappa shape index (κ3) is 6.05. The number of benzene rings is 2. The van der Waals surface area contributed by atoms with Gasteiger partial charge in [-0.05, 0) is 48.4 Å². The van der Waals surface area contributed by atoms with E-state index in [-0.39, 0.29) is 31.1 Å². The molecule has 10 nitrogen and oxygen atoms in total. The van der Waals surface area contributed by atoms with E-state index in [1.165, 1.54) is 0 Å². The molecule has 204 valence electrons. The number of hydrogen-bond acceptors (Lipinski definition) is 8. The van der Waals surface area contributed by atoms with Gasteiger partial charge in [-0.2, -0.15) is 0 Å². The summed E-state index contributed by atoms with van der Waals surface area (Å²) in [6.45, 7) is 7.09. The minimum Gasteiger partial charge on any atom is -0.497 e. The summed E-state index contributed by atoms with van der Waals surface area (Å²) in [5, 5.41) is 8.83. The molecule has 2 amide bonds. The highest BCUT2D eigenvalue weighted by molar-refractivity contribution is 5.97. The minimum atomic E-state index is -0.194. The number of piperazine rings is 1. The fraction of sp³-hybridized carbons (Fsp3) is 0.379. The van der Waals surface area contributed by atoms with Gasteiger partial charge in [-0.25, -0.2) is 0 Å². The zero-order valence-corrected chi connectivity index (χ0v) is 22.5. The summed E-state index contributed by atoms with van der Waals surface area (Å²) in [6.07, 6.45) is 0. The highest BCUT2D eigenvalue weighted by Gasteiger charge is 2.27. The number of ether oxygens (including phenoxy) is 3. The highest BCUT2D eigenvalue weighted by atomic mass is 16.7. The molecular weight excluding hydrogens is 498 g/mol. The van der Waals surface area contributed by atoms with Gasteiger partial charge in [-0.1, -0.05) is 26.0 Å². The van der Waals surface area contributed by atoms with E-state index in [1.807, 2.05) is 55.1 Å². The van der Waals surface area contributed by atoms with Crippen LogP contribution in [-0.4, -0.2) is 85.0 Å². The Bertz CT molecular complexity index is 1320. The van der Waals surface area contributed by atoms with Crippen molar-refractivity contribution in [3.05, 3.63) is 60.2 Å². The molecule has 0 bridgehead atoms. The maximum Gasteiger partial charge on any atom is 0.254 e. The van der Waals surface area contributed by atoms with Crippen LogP contribution in [0.3, 0.4) is 0 Å². The number of aromatic nitrogens is 2. The number of amides is 2. The molecule has 1 aromatic heterocycles. The number of carbonyl (C=O) groups excluding carboxylic acids is 2. The second kappa shape index (κ2) is 11.6. The van der Waals surface area contributed by atoms with Crippen LogP contribution in [0.5, 0.6) is 17.2 Å². The molecule has 0 N–H and O–H groups in total. The predicted molar refractivity (Wildman–Crippen MR) is 146 cm³/mol. The second-order valence-corrected chi connectivity index (χ2v) is 10.0. The van der Waals surface area contributed by atoms with Gasteiger partial charge in [0.25, 0.3) is 5.91 Å². The first kappa shape index (κ1) is 26.3. The predicted octanol–water partition coefficient (Wildman–Crippen LogP) is 3.33. The topological polar surface area (TPSA) is 97.3 Å². The molecule has 3 heterocycles. The van der Waals surface area contributed by atoms with Crippen molar-refractivity contribution in [2.24, 2.45) is 5.92 Å². The second-order valence-electron chi connectivity index (χ2n) is 10.0. The molecule has 0 unspecified atom stereocenters. The zero-order chi connectivity index (χ0) is 27.4. The van der Waals surface area contributed by atoms with Crippen molar-refractivity contribution in [1.82, 2.24) is 20.0 Å². The summed E-state index contributed by atoms with van der Waals surface area (Å²) in [5.74, 6) is 2.66. The number of fused-ring (bicyclic) bond motifs is 1. The fourth-order valence-electron chi connectivity index (χ4n) is 4.75. The molecular formula is C29H33N5O5. The Morgan fingerprint density at radius 1 is 0.974 bits per heavy atom. The first-order valence-corrected chi connectivity index (χ1v) is 13.1. The molecule has 0 saturated carbocycles. The maximum atomic E-state index is 13.3. The van der Waals surface area contributed by atoms with Crippen LogP contribution in [0.15, 0.2) is 54.6 Å². The molecule has 2 aromatic carbocycles. The average molecular weight is 532 g/mol. The fourth-order valence-corrected chi connectivity index (χ4v) is 4.75. The van der Waals surface area contributed by atoms with Crippen LogP contribution in [0.4, 0.5) is 5.82 Å². The van der Waals surface area contributed by atoms with E-state index in [0.717, 1.165) is 22.8 Å². The van der Waals surface area contributed by atoms with E-state index in [0.29, 0.717) is 49.8 Å². The Balaban J connectivity index is 1.19. The smallest absolute Gasteiger partial charge is 0.254 e. The van der Waals surface area contributed by atoms with Crippen LogP contribution >= 0.6 is 0 Å². The van der Waals surface area contributed by atoms with Crippen LogP contribution in [0.2, 0.25) is 0 Å².